The first-order valence-electron chi connectivity index (χ1n) is 15.5. The van der Waals surface area contributed by atoms with E-state index in [-0.39, 0.29) is 6.04 Å². The van der Waals surface area contributed by atoms with Crippen molar-refractivity contribution in [3.8, 4) is 0 Å². The molecule has 5 rings (SSSR count). The molecule has 1 saturated heterocycles. The van der Waals surface area contributed by atoms with Crippen LogP contribution in [0.15, 0.2) is 121 Å². The van der Waals surface area contributed by atoms with Gasteiger partial charge in [-0.15, -0.1) is 0 Å². The normalized spacial score (nSPS) is 16.6. The van der Waals surface area contributed by atoms with Crippen LogP contribution in [-0.2, 0) is 26.4 Å². The van der Waals surface area contributed by atoms with Crippen molar-refractivity contribution in [2.24, 2.45) is 0 Å². The van der Waals surface area contributed by atoms with E-state index >= 15 is 0 Å². The van der Waals surface area contributed by atoms with Gasteiger partial charge in [-0.25, -0.2) is 9.59 Å². The Hall–Kier alpha value is -4.46. The van der Waals surface area contributed by atoms with Crippen molar-refractivity contribution in [2.45, 2.75) is 57.0 Å². The molecule has 4 aromatic carbocycles. The summed E-state index contributed by atoms with van der Waals surface area (Å²) in [6, 6.07) is 41.2. The first-order chi connectivity index (χ1) is 21.7. The van der Waals surface area contributed by atoms with Crippen LogP contribution in [0, 0.1) is 0 Å². The van der Waals surface area contributed by atoms with Gasteiger partial charge in [-0.2, -0.15) is 0 Å². The second kappa shape index (κ2) is 14.1. The number of methoxy groups -OCH3 is 1. The number of carbonyl (C=O) groups is 2. The standard InChI is InChI=1S/C38H43N3O4/c1-37(2,3)45-36(43)39-34(35(42)44-4)25-33-27-41(28-40(33)26-29-17-9-5-10-18-29)38(30-19-11-6-12-20-30,31-21-13-7-14-22-31)32-23-15-8-16-24-32/h5-24,33-34H,25-28H2,1-4H3,(H,39,43)/t33?,34-/m0/s1. The molecule has 1 fully saturated rings. The lowest BCUT2D eigenvalue weighted by atomic mass is 9.75. The number of nitrogens with one attached hydrogen (secondary N) is 1. The lowest BCUT2D eigenvalue weighted by Gasteiger charge is -2.43. The zero-order chi connectivity index (χ0) is 31.9. The molecule has 1 aliphatic rings. The minimum atomic E-state index is -0.882. The van der Waals surface area contributed by atoms with E-state index in [4.69, 9.17) is 9.47 Å². The number of amides is 1. The van der Waals surface area contributed by atoms with Crippen molar-refractivity contribution in [3.63, 3.8) is 0 Å². The van der Waals surface area contributed by atoms with Gasteiger partial charge >= 0.3 is 12.1 Å². The maximum absolute atomic E-state index is 13.1. The van der Waals surface area contributed by atoms with Crippen molar-refractivity contribution in [3.05, 3.63) is 144 Å². The SMILES string of the molecule is COC(=O)[C@H](CC1CN(C(c2ccccc2)(c2ccccc2)c2ccccc2)CN1Cc1ccccc1)NC(=O)OC(C)(C)C. The summed E-state index contributed by atoms with van der Waals surface area (Å²) in [5, 5.41) is 2.80. The summed E-state index contributed by atoms with van der Waals surface area (Å²) in [4.78, 5) is 30.8. The van der Waals surface area contributed by atoms with Crippen molar-refractivity contribution >= 4 is 12.1 Å². The lowest BCUT2D eigenvalue weighted by Crippen LogP contribution is -2.48. The molecule has 0 radical (unpaired) electrons. The van der Waals surface area contributed by atoms with Crippen LogP contribution in [0.25, 0.3) is 0 Å². The number of rotatable bonds is 10. The fourth-order valence-electron chi connectivity index (χ4n) is 6.39. The summed E-state index contributed by atoms with van der Waals surface area (Å²) >= 11 is 0. The Kier molecular flexibility index (Phi) is 10.0. The summed E-state index contributed by atoms with van der Waals surface area (Å²) in [7, 11) is 1.35. The summed E-state index contributed by atoms with van der Waals surface area (Å²) in [6.45, 7) is 7.33. The number of hydrogen-bond acceptors (Lipinski definition) is 6. The molecule has 234 valence electrons. The molecule has 45 heavy (non-hydrogen) atoms. The lowest BCUT2D eigenvalue weighted by molar-refractivity contribution is -0.143. The predicted octanol–water partition coefficient (Wildman–Crippen LogP) is 6.58. The average Bonchev–Trinajstić information content (AvgIpc) is 3.43. The maximum atomic E-state index is 13.1. The minimum absolute atomic E-state index is 0.0974. The fourth-order valence-corrected chi connectivity index (χ4v) is 6.39. The molecule has 0 bridgehead atoms. The molecule has 1 heterocycles. The van der Waals surface area contributed by atoms with E-state index in [1.165, 1.54) is 12.7 Å². The Morgan fingerprint density at radius 3 is 1.69 bits per heavy atom. The summed E-state index contributed by atoms with van der Waals surface area (Å²) < 4.78 is 10.7. The van der Waals surface area contributed by atoms with Crippen LogP contribution in [0.2, 0.25) is 0 Å². The largest absolute Gasteiger partial charge is 0.467 e. The van der Waals surface area contributed by atoms with Gasteiger partial charge in [0, 0.05) is 19.1 Å². The summed E-state index contributed by atoms with van der Waals surface area (Å²) in [6.07, 6.45) is -0.293. The van der Waals surface area contributed by atoms with E-state index in [0.29, 0.717) is 26.2 Å². The topological polar surface area (TPSA) is 71.1 Å². The van der Waals surface area contributed by atoms with E-state index in [9.17, 15) is 9.59 Å². The van der Waals surface area contributed by atoms with Gasteiger partial charge in [0.15, 0.2) is 0 Å². The molecule has 0 aliphatic carbocycles. The van der Waals surface area contributed by atoms with E-state index in [1.54, 1.807) is 20.8 Å². The summed E-state index contributed by atoms with van der Waals surface area (Å²) in [5.74, 6) is -0.501. The molecule has 1 amide bonds. The Bertz CT molecular complexity index is 1430. The Labute approximate surface area is 266 Å². The van der Waals surface area contributed by atoms with Crippen molar-refractivity contribution in [1.82, 2.24) is 15.1 Å². The quantitative estimate of drug-likeness (QED) is 0.163. The first-order valence-corrected chi connectivity index (χ1v) is 15.5. The molecule has 2 atom stereocenters. The van der Waals surface area contributed by atoms with E-state index in [0.717, 1.165) is 16.7 Å². The Morgan fingerprint density at radius 2 is 1.24 bits per heavy atom. The molecule has 4 aromatic rings. The molecule has 1 aliphatic heterocycles. The van der Waals surface area contributed by atoms with Crippen LogP contribution in [0.1, 0.15) is 49.4 Å². The highest BCUT2D eigenvalue weighted by Gasteiger charge is 2.48. The van der Waals surface area contributed by atoms with Crippen LogP contribution in [0.5, 0.6) is 0 Å². The Morgan fingerprint density at radius 1 is 0.778 bits per heavy atom. The molecule has 0 aromatic heterocycles. The van der Waals surface area contributed by atoms with Gasteiger partial charge in [0.25, 0.3) is 0 Å². The summed E-state index contributed by atoms with van der Waals surface area (Å²) in [5.41, 5.74) is 3.31. The molecule has 7 heteroatoms. The van der Waals surface area contributed by atoms with Gasteiger partial charge in [0.2, 0.25) is 0 Å². The van der Waals surface area contributed by atoms with Gasteiger partial charge in [0.1, 0.15) is 11.6 Å². The second-order valence-corrected chi connectivity index (χ2v) is 12.5. The van der Waals surface area contributed by atoms with Gasteiger partial charge < -0.3 is 14.8 Å². The predicted molar refractivity (Wildman–Crippen MR) is 176 cm³/mol. The van der Waals surface area contributed by atoms with Crippen LogP contribution in [0.4, 0.5) is 4.79 Å². The highest BCUT2D eigenvalue weighted by molar-refractivity contribution is 5.81. The molecule has 7 nitrogen and oxygen atoms in total. The van der Waals surface area contributed by atoms with Crippen LogP contribution < -0.4 is 5.32 Å². The van der Waals surface area contributed by atoms with Crippen LogP contribution in [0.3, 0.4) is 0 Å². The van der Waals surface area contributed by atoms with E-state index in [1.807, 2.05) is 36.4 Å². The van der Waals surface area contributed by atoms with Crippen LogP contribution >= 0.6 is 0 Å². The highest BCUT2D eigenvalue weighted by atomic mass is 16.6. The monoisotopic (exact) mass is 605 g/mol. The van der Waals surface area contributed by atoms with E-state index in [2.05, 4.69) is 100 Å². The van der Waals surface area contributed by atoms with Crippen molar-refractivity contribution in [2.75, 3.05) is 20.3 Å². The molecular formula is C38H43N3O4. The highest BCUT2D eigenvalue weighted by Crippen LogP contribution is 2.44. The zero-order valence-electron chi connectivity index (χ0n) is 26.6. The molecule has 1 N–H and O–H groups in total. The molecular weight excluding hydrogens is 562 g/mol. The van der Waals surface area contributed by atoms with Gasteiger partial charge in [-0.1, -0.05) is 121 Å². The number of ether oxygens (including phenoxy) is 2. The number of esters is 1. The molecule has 0 spiro atoms. The van der Waals surface area contributed by atoms with Gasteiger partial charge in [-0.05, 0) is 49.4 Å². The Balaban J connectivity index is 1.59. The third kappa shape index (κ3) is 7.44. The number of benzene rings is 4. The third-order valence-electron chi connectivity index (χ3n) is 8.26. The van der Waals surface area contributed by atoms with Crippen molar-refractivity contribution in [1.29, 1.82) is 0 Å². The number of carbonyl (C=O) groups excluding carboxylic acids is 2. The second-order valence-electron chi connectivity index (χ2n) is 12.5. The number of alkyl carbamates (subject to hydrolysis) is 1. The van der Waals surface area contributed by atoms with Gasteiger partial charge in [-0.3, -0.25) is 9.80 Å². The number of hydrogen-bond donors (Lipinski definition) is 1. The average molecular weight is 606 g/mol. The van der Waals surface area contributed by atoms with E-state index < -0.39 is 29.2 Å². The first kappa shape index (κ1) is 31.9. The number of nitrogens with zero attached hydrogens (tertiary/aromatic N) is 2. The van der Waals surface area contributed by atoms with Crippen LogP contribution in [-0.4, -0.2) is 59.9 Å². The molecule has 1 unspecified atom stereocenters. The fraction of sp³-hybridized carbons (Fsp3) is 0.316. The minimum Gasteiger partial charge on any atom is -0.467 e. The molecule has 0 saturated carbocycles. The third-order valence-corrected chi connectivity index (χ3v) is 8.26. The smallest absolute Gasteiger partial charge is 0.408 e. The maximum Gasteiger partial charge on any atom is 0.408 e. The van der Waals surface area contributed by atoms with Crippen molar-refractivity contribution < 1.29 is 19.1 Å². The van der Waals surface area contributed by atoms with Gasteiger partial charge in [0.05, 0.1) is 19.3 Å². The zero-order valence-corrected chi connectivity index (χ0v) is 26.6.